The van der Waals surface area contributed by atoms with E-state index in [0.717, 1.165) is 0 Å². The van der Waals surface area contributed by atoms with Crippen molar-refractivity contribution in [3.05, 3.63) is 18.2 Å². The van der Waals surface area contributed by atoms with Crippen molar-refractivity contribution in [2.45, 2.75) is 13.0 Å². The zero-order valence-electron chi connectivity index (χ0n) is 7.60. The van der Waals surface area contributed by atoms with Gasteiger partial charge in [-0.25, -0.2) is 4.98 Å². The Bertz CT molecular complexity index is 390. The second-order valence-corrected chi connectivity index (χ2v) is 3.39. The molecule has 0 aromatic carbocycles. The lowest BCUT2D eigenvalue weighted by Crippen LogP contribution is -2.16. The van der Waals surface area contributed by atoms with Crippen LogP contribution in [0.2, 0.25) is 0 Å². The van der Waals surface area contributed by atoms with Gasteiger partial charge in [-0.05, 0) is 0 Å². The van der Waals surface area contributed by atoms with Crippen LogP contribution in [-0.4, -0.2) is 22.0 Å². The first-order valence-corrected chi connectivity index (χ1v) is 4.47. The van der Waals surface area contributed by atoms with E-state index in [4.69, 9.17) is 5.26 Å². The van der Waals surface area contributed by atoms with Gasteiger partial charge in [-0.2, -0.15) is 5.26 Å². The Balaban J connectivity index is 2.05. The Hall–Kier alpha value is -1.83. The van der Waals surface area contributed by atoms with Crippen molar-refractivity contribution in [1.82, 2.24) is 14.9 Å². The summed E-state index contributed by atoms with van der Waals surface area (Å²) in [5, 5.41) is 11.5. The van der Waals surface area contributed by atoms with Crippen LogP contribution in [0.15, 0.2) is 12.4 Å². The first-order chi connectivity index (χ1) is 6.79. The summed E-state index contributed by atoms with van der Waals surface area (Å²) < 4.78 is 1.78. The molecular formula is C9H10N4O. The number of nitrogens with one attached hydrogen (secondary N) is 1. The Labute approximate surface area is 81.4 Å². The lowest BCUT2D eigenvalue weighted by atomic mass is 10.1. The maximum atomic E-state index is 10.9. The molecule has 5 heteroatoms. The number of rotatable bonds is 2. The number of nitriles is 1. The first-order valence-electron chi connectivity index (χ1n) is 4.47. The normalized spacial score (nSPS) is 20.5. The SMILES string of the molecule is N#Cc1nccn1CC1CNC(=O)C1. The van der Waals surface area contributed by atoms with Gasteiger partial charge in [0.2, 0.25) is 11.7 Å². The fourth-order valence-corrected chi connectivity index (χ4v) is 1.64. The van der Waals surface area contributed by atoms with Gasteiger partial charge in [0.1, 0.15) is 6.07 Å². The maximum absolute atomic E-state index is 10.9. The van der Waals surface area contributed by atoms with Crippen molar-refractivity contribution in [2.24, 2.45) is 5.92 Å². The van der Waals surface area contributed by atoms with E-state index in [1.807, 2.05) is 6.07 Å². The summed E-state index contributed by atoms with van der Waals surface area (Å²) in [4.78, 5) is 14.8. The monoisotopic (exact) mass is 190 g/mol. The smallest absolute Gasteiger partial charge is 0.220 e. The summed E-state index contributed by atoms with van der Waals surface area (Å²) >= 11 is 0. The van der Waals surface area contributed by atoms with Gasteiger partial charge in [-0.15, -0.1) is 0 Å². The molecule has 2 heterocycles. The van der Waals surface area contributed by atoms with Crippen LogP contribution in [0, 0.1) is 17.2 Å². The van der Waals surface area contributed by atoms with Crippen LogP contribution in [-0.2, 0) is 11.3 Å². The lowest BCUT2D eigenvalue weighted by molar-refractivity contribution is -0.119. The minimum Gasteiger partial charge on any atom is -0.356 e. The molecule has 1 fully saturated rings. The minimum atomic E-state index is 0.0913. The van der Waals surface area contributed by atoms with Crippen LogP contribution in [0.1, 0.15) is 12.2 Å². The van der Waals surface area contributed by atoms with Crippen LogP contribution >= 0.6 is 0 Å². The molecule has 1 unspecified atom stereocenters. The van der Waals surface area contributed by atoms with E-state index in [1.165, 1.54) is 0 Å². The fourth-order valence-electron chi connectivity index (χ4n) is 1.64. The Morgan fingerprint density at radius 1 is 1.79 bits per heavy atom. The first kappa shape index (κ1) is 8.75. The highest BCUT2D eigenvalue weighted by Crippen LogP contribution is 2.12. The average molecular weight is 190 g/mol. The molecule has 5 nitrogen and oxygen atoms in total. The summed E-state index contributed by atoms with van der Waals surface area (Å²) in [5.74, 6) is 0.779. The van der Waals surface area contributed by atoms with E-state index in [1.54, 1.807) is 17.0 Å². The maximum Gasteiger partial charge on any atom is 0.220 e. The molecule has 1 aliphatic rings. The van der Waals surface area contributed by atoms with Gasteiger partial charge in [0.25, 0.3) is 0 Å². The highest BCUT2D eigenvalue weighted by molar-refractivity contribution is 5.78. The highest BCUT2D eigenvalue weighted by Gasteiger charge is 2.22. The quantitative estimate of drug-likeness (QED) is 0.707. The highest BCUT2D eigenvalue weighted by atomic mass is 16.1. The zero-order chi connectivity index (χ0) is 9.97. The number of amides is 1. The summed E-state index contributed by atoms with van der Waals surface area (Å²) in [6, 6.07) is 2.01. The number of nitrogens with zero attached hydrogens (tertiary/aromatic N) is 3. The third-order valence-electron chi connectivity index (χ3n) is 2.33. The summed E-state index contributed by atoms with van der Waals surface area (Å²) in [6.07, 6.45) is 3.91. The van der Waals surface area contributed by atoms with E-state index in [-0.39, 0.29) is 11.8 Å². The van der Waals surface area contributed by atoms with E-state index in [9.17, 15) is 4.79 Å². The predicted molar refractivity (Wildman–Crippen MR) is 48.1 cm³/mol. The molecule has 2 rings (SSSR count). The van der Waals surface area contributed by atoms with E-state index < -0.39 is 0 Å². The van der Waals surface area contributed by atoms with E-state index in [2.05, 4.69) is 10.3 Å². The molecule has 1 N–H and O–H groups in total. The average Bonchev–Trinajstić information content (AvgIpc) is 2.76. The lowest BCUT2D eigenvalue weighted by Gasteiger charge is -2.08. The van der Waals surface area contributed by atoms with Crippen LogP contribution in [0.25, 0.3) is 0 Å². The number of aromatic nitrogens is 2. The Morgan fingerprint density at radius 2 is 2.64 bits per heavy atom. The molecule has 0 bridgehead atoms. The molecule has 72 valence electrons. The van der Waals surface area contributed by atoms with Crippen LogP contribution in [0.3, 0.4) is 0 Å². The van der Waals surface area contributed by atoms with Gasteiger partial charge in [0.05, 0.1) is 0 Å². The molecular weight excluding hydrogens is 180 g/mol. The van der Waals surface area contributed by atoms with E-state index >= 15 is 0 Å². The Morgan fingerprint density at radius 3 is 3.29 bits per heavy atom. The molecule has 0 saturated carbocycles. The van der Waals surface area contributed by atoms with Crippen molar-refractivity contribution in [3.63, 3.8) is 0 Å². The van der Waals surface area contributed by atoms with Crippen LogP contribution in [0.5, 0.6) is 0 Å². The van der Waals surface area contributed by atoms with Gasteiger partial charge >= 0.3 is 0 Å². The molecule has 1 aliphatic heterocycles. The molecule has 1 amide bonds. The number of hydrogen-bond acceptors (Lipinski definition) is 3. The van der Waals surface area contributed by atoms with Crippen LogP contribution < -0.4 is 5.32 Å². The van der Waals surface area contributed by atoms with Gasteiger partial charge in [-0.1, -0.05) is 0 Å². The summed E-state index contributed by atoms with van der Waals surface area (Å²) in [7, 11) is 0. The number of carbonyl (C=O) groups is 1. The largest absolute Gasteiger partial charge is 0.356 e. The second kappa shape index (κ2) is 3.50. The molecule has 1 aromatic heterocycles. The number of carbonyl (C=O) groups excluding carboxylic acids is 1. The molecule has 1 atom stereocenters. The second-order valence-electron chi connectivity index (χ2n) is 3.39. The molecule has 0 spiro atoms. The zero-order valence-corrected chi connectivity index (χ0v) is 7.60. The van der Waals surface area contributed by atoms with Crippen molar-refractivity contribution in [1.29, 1.82) is 5.26 Å². The minimum absolute atomic E-state index is 0.0913. The van der Waals surface area contributed by atoms with E-state index in [0.29, 0.717) is 25.3 Å². The number of hydrogen-bond donors (Lipinski definition) is 1. The molecule has 0 radical (unpaired) electrons. The molecule has 1 saturated heterocycles. The van der Waals surface area contributed by atoms with Crippen molar-refractivity contribution in [3.8, 4) is 6.07 Å². The third-order valence-corrected chi connectivity index (χ3v) is 2.33. The predicted octanol–water partition coefficient (Wildman–Crippen LogP) is -0.109. The third kappa shape index (κ3) is 1.59. The van der Waals surface area contributed by atoms with Crippen LogP contribution in [0.4, 0.5) is 0 Å². The van der Waals surface area contributed by atoms with Gasteiger partial charge in [-0.3, -0.25) is 4.79 Å². The molecule has 1 aromatic rings. The number of imidazole rings is 1. The summed E-state index contributed by atoms with van der Waals surface area (Å²) in [6.45, 7) is 1.38. The van der Waals surface area contributed by atoms with Crippen molar-refractivity contribution < 1.29 is 4.79 Å². The molecule has 14 heavy (non-hydrogen) atoms. The van der Waals surface area contributed by atoms with Gasteiger partial charge < -0.3 is 9.88 Å². The fraction of sp³-hybridized carbons (Fsp3) is 0.444. The van der Waals surface area contributed by atoms with Crippen molar-refractivity contribution in [2.75, 3.05) is 6.54 Å². The van der Waals surface area contributed by atoms with Gasteiger partial charge in [0.15, 0.2) is 0 Å². The van der Waals surface area contributed by atoms with Gasteiger partial charge in [0, 0.05) is 37.8 Å². The summed E-state index contributed by atoms with van der Waals surface area (Å²) in [5.41, 5.74) is 0. The topological polar surface area (TPSA) is 70.7 Å². The Kier molecular flexibility index (Phi) is 2.19. The standard InChI is InChI=1S/C9H10N4O/c10-4-8-11-1-2-13(8)6-7-3-9(14)12-5-7/h1-2,7H,3,5-6H2,(H,12,14). The molecule has 0 aliphatic carbocycles. The van der Waals surface area contributed by atoms with Crippen molar-refractivity contribution >= 4 is 5.91 Å².